The highest BCUT2D eigenvalue weighted by Crippen LogP contribution is 2.36. The van der Waals surface area contributed by atoms with Crippen LogP contribution in [-0.4, -0.2) is 26.8 Å². The fourth-order valence-electron chi connectivity index (χ4n) is 2.76. The van der Waals surface area contributed by atoms with Crippen molar-refractivity contribution >= 4 is 23.2 Å². The van der Waals surface area contributed by atoms with Gasteiger partial charge in [-0.15, -0.1) is 11.3 Å². The molecule has 0 aliphatic rings. The average molecular weight is 489 g/mol. The predicted molar refractivity (Wildman–Crippen MR) is 104 cm³/mol. The van der Waals surface area contributed by atoms with Crippen LogP contribution in [-0.2, 0) is 12.4 Å². The highest BCUT2D eigenvalue weighted by molar-refractivity contribution is 7.16. The zero-order valence-electron chi connectivity index (χ0n) is 16.5. The number of nitrogens with two attached hydrogens (primary N) is 1. The van der Waals surface area contributed by atoms with Crippen LogP contribution in [0, 0.1) is 0 Å². The Balaban J connectivity index is 1.94. The largest absolute Gasteiger partial charge is 0.416 e. The summed E-state index contributed by atoms with van der Waals surface area (Å²) >= 11 is 0.899. The molecule has 0 saturated heterocycles. The van der Waals surface area contributed by atoms with Gasteiger partial charge in [-0.3, -0.25) is 19.6 Å². The van der Waals surface area contributed by atoms with E-state index in [-0.39, 0.29) is 27.3 Å². The van der Waals surface area contributed by atoms with Crippen LogP contribution in [0.4, 0.5) is 26.3 Å². The van der Waals surface area contributed by atoms with Gasteiger partial charge in [0.05, 0.1) is 29.1 Å². The molecule has 3 N–H and O–H groups in total. The van der Waals surface area contributed by atoms with Crippen molar-refractivity contribution in [2.75, 3.05) is 0 Å². The second kappa shape index (κ2) is 8.77. The zero-order valence-corrected chi connectivity index (χ0v) is 17.3. The number of thiazole rings is 1. The molecule has 14 heteroatoms. The van der Waals surface area contributed by atoms with E-state index < -0.39 is 46.9 Å². The Morgan fingerprint density at radius 3 is 2.06 bits per heavy atom. The first kappa shape index (κ1) is 24.1. The van der Waals surface area contributed by atoms with E-state index in [2.05, 4.69) is 20.3 Å². The Morgan fingerprint density at radius 2 is 1.55 bits per heavy atom. The summed E-state index contributed by atoms with van der Waals surface area (Å²) in [4.78, 5) is 36.2. The van der Waals surface area contributed by atoms with E-state index in [1.807, 2.05) is 0 Å². The third-order valence-corrected chi connectivity index (χ3v) is 5.30. The van der Waals surface area contributed by atoms with E-state index in [0.29, 0.717) is 12.1 Å². The van der Waals surface area contributed by atoms with Gasteiger partial charge in [0.25, 0.3) is 11.8 Å². The van der Waals surface area contributed by atoms with Gasteiger partial charge >= 0.3 is 12.4 Å². The van der Waals surface area contributed by atoms with Crippen LogP contribution in [0.15, 0.2) is 36.8 Å². The molecule has 2 heterocycles. The number of rotatable bonds is 5. The highest BCUT2D eigenvalue weighted by atomic mass is 32.1. The van der Waals surface area contributed by atoms with Crippen LogP contribution in [0.2, 0.25) is 0 Å². The zero-order chi connectivity index (χ0) is 24.6. The molecule has 0 radical (unpaired) electrons. The van der Waals surface area contributed by atoms with Crippen LogP contribution in [0.1, 0.15) is 49.8 Å². The second-order valence-corrected chi connectivity index (χ2v) is 7.70. The van der Waals surface area contributed by atoms with Crippen molar-refractivity contribution in [2.24, 2.45) is 5.73 Å². The fraction of sp³-hybridized carbons (Fsp3) is 0.211. The van der Waals surface area contributed by atoms with Crippen molar-refractivity contribution < 1.29 is 35.9 Å². The minimum atomic E-state index is -5.09. The van der Waals surface area contributed by atoms with Gasteiger partial charge in [0, 0.05) is 18.0 Å². The van der Waals surface area contributed by atoms with Crippen molar-refractivity contribution in [3.63, 3.8) is 0 Å². The number of halogens is 6. The molecule has 174 valence electrons. The Bertz CT molecular complexity index is 1180. The fourth-order valence-corrected chi connectivity index (χ4v) is 3.54. The normalized spacial score (nSPS) is 12.9. The van der Waals surface area contributed by atoms with Gasteiger partial charge in [0.1, 0.15) is 15.6 Å². The number of primary amides is 1. The molecule has 0 saturated carbocycles. The van der Waals surface area contributed by atoms with Gasteiger partial charge in [-0.25, -0.2) is 4.98 Å². The number of nitrogens with one attached hydrogen (secondary N) is 1. The van der Waals surface area contributed by atoms with Gasteiger partial charge in [-0.05, 0) is 25.1 Å². The van der Waals surface area contributed by atoms with Gasteiger partial charge in [0.15, 0.2) is 0 Å². The molecule has 0 aliphatic carbocycles. The maximum absolute atomic E-state index is 13.1. The molecule has 1 aromatic carbocycles. The summed E-state index contributed by atoms with van der Waals surface area (Å²) in [6.45, 7) is 1.41. The summed E-state index contributed by atoms with van der Waals surface area (Å²) in [5.41, 5.74) is 1.42. The number of aromatic nitrogens is 3. The Labute approximate surface area is 185 Å². The van der Waals surface area contributed by atoms with Crippen LogP contribution in [0.3, 0.4) is 0 Å². The molecule has 0 bridgehead atoms. The molecule has 0 aliphatic heterocycles. The van der Waals surface area contributed by atoms with Crippen molar-refractivity contribution in [1.29, 1.82) is 0 Å². The topological polar surface area (TPSA) is 111 Å². The van der Waals surface area contributed by atoms with E-state index in [4.69, 9.17) is 5.73 Å². The van der Waals surface area contributed by atoms with E-state index >= 15 is 0 Å². The average Bonchev–Trinajstić information content (AvgIpc) is 3.22. The lowest BCUT2D eigenvalue weighted by Crippen LogP contribution is -2.28. The molecule has 7 nitrogen and oxygen atoms in total. The molecule has 0 spiro atoms. The number of amides is 2. The monoisotopic (exact) mass is 489 g/mol. The molecule has 3 aromatic rings. The van der Waals surface area contributed by atoms with Crippen molar-refractivity contribution in [2.45, 2.75) is 25.3 Å². The lowest BCUT2D eigenvalue weighted by molar-refractivity contribution is -0.143. The van der Waals surface area contributed by atoms with Crippen molar-refractivity contribution in [1.82, 2.24) is 20.3 Å². The van der Waals surface area contributed by atoms with E-state index in [0.717, 1.165) is 11.3 Å². The molecular formula is C19H13F6N5O2S. The van der Waals surface area contributed by atoms with Crippen LogP contribution in [0.25, 0.3) is 10.7 Å². The molecule has 33 heavy (non-hydrogen) atoms. The standard InChI is InChI=1S/C19H13F6N5O2S/c1-8(13-14(28-3-2-27-13)17-29-7-12(33-17)15(26)31)30-16(32)9-4-10(18(20,21)22)6-11(5-9)19(23,24)25/h2-8H,1H3,(H2,26,31)(H,30,32)/t8-/m1/s1. The molecule has 2 amide bonds. The summed E-state index contributed by atoms with van der Waals surface area (Å²) in [6, 6.07) is -0.408. The van der Waals surface area contributed by atoms with Gasteiger partial charge in [-0.2, -0.15) is 26.3 Å². The molecule has 0 unspecified atom stereocenters. The van der Waals surface area contributed by atoms with Crippen LogP contribution < -0.4 is 11.1 Å². The summed E-state index contributed by atoms with van der Waals surface area (Å²) in [5, 5.41) is 2.55. The Morgan fingerprint density at radius 1 is 0.970 bits per heavy atom. The van der Waals surface area contributed by atoms with E-state index in [1.165, 1.54) is 25.5 Å². The second-order valence-electron chi connectivity index (χ2n) is 6.67. The summed E-state index contributed by atoms with van der Waals surface area (Å²) in [6.07, 6.45) is -6.39. The predicted octanol–water partition coefficient (Wildman–Crippen LogP) is 4.23. The van der Waals surface area contributed by atoms with E-state index in [9.17, 15) is 35.9 Å². The lowest BCUT2D eigenvalue weighted by Gasteiger charge is -2.17. The Kier molecular flexibility index (Phi) is 6.40. The lowest BCUT2D eigenvalue weighted by atomic mass is 10.0. The van der Waals surface area contributed by atoms with E-state index in [1.54, 1.807) is 0 Å². The van der Waals surface area contributed by atoms with Crippen LogP contribution >= 0.6 is 11.3 Å². The number of hydrogen-bond donors (Lipinski definition) is 2. The first-order valence-electron chi connectivity index (χ1n) is 8.94. The first-order chi connectivity index (χ1) is 15.3. The SMILES string of the molecule is C[C@@H](NC(=O)c1cc(C(F)(F)F)cc(C(F)(F)F)c1)c1nccnc1-c1ncc(C(N)=O)s1. The summed E-state index contributed by atoms with van der Waals surface area (Å²) in [5.74, 6) is -1.91. The van der Waals surface area contributed by atoms with Crippen molar-refractivity contribution in [3.8, 4) is 10.7 Å². The maximum Gasteiger partial charge on any atom is 0.416 e. The minimum absolute atomic E-state index is 0.0697. The third kappa shape index (κ3) is 5.45. The van der Waals surface area contributed by atoms with Gasteiger partial charge in [0.2, 0.25) is 0 Å². The molecule has 0 fully saturated rings. The summed E-state index contributed by atoms with van der Waals surface area (Å²) < 4.78 is 78.4. The molecule has 3 rings (SSSR count). The number of carbonyl (C=O) groups is 2. The maximum atomic E-state index is 13.1. The van der Waals surface area contributed by atoms with Crippen molar-refractivity contribution in [3.05, 3.63) is 64.1 Å². The third-order valence-electron chi connectivity index (χ3n) is 4.29. The first-order valence-corrected chi connectivity index (χ1v) is 9.76. The quantitative estimate of drug-likeness (QED) is 0.522. The number of hydrogen-bond acceptors (Lipinski definition) is 6. The number of carbonyl (C=O) groups excluding carboxylic acids is 2. The molecule has 2 aromatic heterocycles. The number of alkyl halides is 6. The van der Waals surface area contributed by atoms with Gasteiger partial charge < -0.3 is 11.1 Å². The van der Waals surface area contributed by atoms with Crippen LogP contribution in [0.5, 0.6) is 0 Å². The summed E-state index contributed by atoms with van der Waals surface area (Å²) in [7, 11) is 0. The Hall–Kier alpha value is -3.55. The number of benzene rings is 1. The molecular weight excluding hydrogens is 476 g/mol. The highest BCUT2D eigenvalue weighted by Gasteiger charge is 2.37. The number of nitrogens with zero attached hydrogens (tertiary/aromatic N) is 3. The minimum Gasteiger partial charge on any atom is -0.365 e. The smallest absolute Gasteiger partial charge is 0.365 e. The molecule has 1 atom stereocenters. The van der Waals surface area contributed by atoms with Gasteiger partial charge in [-0.1, -0.05) is 0 Å².